The van der Waals surface area contributed by atoms with Crippen LogP contribution in [0, 0.1) is 6.92 Å². The molecule has 4 rings (SSSR count). The number of rotatable bonds is 7. The molecule has 0 spiro atoms. The fourth-order valence-corrected chi connectivity index (χ4v) is 3.21. The number of ether oxygens (including phenoxy) is 1. The second-order valence-corrected chi connectivity index (χ2v) is 7.21. The quantitative estimate of drug-likeness (QED) is 0.497. The molecule has 0 fully saturated rings. The van der Waals surface area contributed by atoms with Gasteiger partial charge in [-0.15, -0.1) is 0 Å². The van der Waals surface area contributed by atoms with Crippen LogP contribution in [-0.4, -0.2) is 25.1 Å². The maximum atomic E-state index is 12.6. The van der Waals surface area contributed by atoms with Gasteiger partial charge >= 0.3 is 0 Å². The summed E-state index contributed by atoms with van der Waals surface area (Å²) in [7, 11) is 0. The molecule has 0 aliphatic rings. The molecule has 0 aliphatic heterocycles. The molecule has 0 bridgehead atoms. The molecule has 158 valence electrons. The first-order valence-corrected chi connectivity index (χ1v) is 10.1. The number of benzene rings is 2. The molecule has 2 aromatic heterocycles. The van der Waals surface area contributed by atoms with Crippen LogP contribution in [0.15, 0.2) is 65.7 Å². The molecule has 31 heavy (non-hydrogen) atoms. The SMILES string of the molecule is CCCn1cnc2nc(COc3ccccc3NC(=O)c3ccc(C)cc3)cc(=O)n21. The van der Waals surface area contributed by atoms with Crippen LogP contribution in [0.1, 0.15) is 35.0 Å². The molecule has 8 heteroatoms. The molecule has 0 aliphatic carbocycles. The number of hydrogen-bond acceptors (Lipinski definition) is 5. The van der Waals surface area contributed by atoms with E-state index in [1.165, 1.54) is 10.6 Å². The van der Waals surface area contributed by atoms with Gasteiger partial charge in [0.05, 0.1) is 11.4 Å². The molecule has 2 aromatic carbocycles. The summed E-state index contributed by atoms with van der Waals surface area (Å²) in [4.78, 5) is 33.7. The first-order chi connectivity index (χ1) is 15.0. The van der Waals surface area contributed by atoms with Gasteiger partial charge in [0.25, 0.3) is 17.2 Å². The van der Waals surface area contributed by atoms with Crippen molar-refractivity contribution in [1.82, 2.24) is 19.2 Å². The molecule has 0 saturated heterocycles. The topological polar surface area (TPSA) is 90.5 Å². The summed E-state index contributed by atoms with van der Waals surface area (Å²) in [5.74, 6) is 0.595. The van der Waals surface area contributed by atoms with E-state index in [1.807, 2.05) is 38.1 Å². The smallest absolute Gasteiger partial charge is 0.274 e. The summed E-state index contributed by atoms with van der Waals surface area (Å²) in [6.45, 7) is 4.75. The zero-order valence-corrected chi connectivity index (χ0v) is 17.4. The largest absolute Gasteiger partial charge is 0.485 e. The number of hydrogen-bond donors (Lipinski definition) is 1. The third-order valence-corrected chi connectivity index (χ3v) is 4.77. The molecule has 2 heterocycles. The number of carbonyl (C=O) groups is 1. The highest BCUT2D eigenvalue weighted by Gasteiger charge is 2.12. The Morgan fingerprint density at radius 1 is 1.13 bits per heavy atom. The minimum Gasteiger partial charge on any atom is -0.485 e. The van der Waals surface area contributed by atoms with Gasteiger partial charge in [0, 0.05) is 18.2 Å². The lowest BCUT2D eigenvalue weighted by Gasteiger charge is -2.12. The Labute approximate surface area is 179 Å². The van der Waals surface area contributed by atoms with Crippen molar-refractivity contribution in [3.63, 3.8) is 0 Å². The Balaban J connectivity index is 1.51. The molecular weight excluding hydrogens is 394 g/mol. The van der Waals surface area contributed by atoms with Gasteiger partial charge in [-0.05, 0) is 37.6 Å². The Bertz CT molecular complexity index is 1270. The second-order valence-electron chi connectivity index (χ2n) is 7.21. The zero-order valence-electron chi connectivity index (χ0n) is 17.4. The highest BCUT2D eigenvalue weighted by molar-refractivity contribution is 6.05. The first kappa shape index (κ1) is 20.3. The third kappa shape index (κ3) is 4.48. The van der Waals surface area contributed by atoms with E-state index in [0.717, 1.165) is 12.0 Å². The summed E-state index contributed by atoms with van der Waals surface area (Å²) in [6.07, 6.45) is 2.49. The Kier molecular flexibility index (Phi) is 5.79. The van der Waals surface area contributed by atoms with Crippen LogP contribution >= 0.6 is 0 Å². The summed E-state index contributed by atoms with van der Waals surface area (Å²) in [6, 6.07) is 15.9. The van der Waals surface area contributed by atoms with E-state index < -0.39 is 0 Å². The van der Waals surface area contributed by atoms with Gasteiger partial charge in [-0.1, -0.05) is 36.8 Å². The number of carbonyl (C=O) groups excluding carboxylic acids is 1. The predicted molar refractivity (Wildman–Crippen MR) is 117 cm³/mol. The summed E-state index contributed by atoms with van der Waals surface area (Å²) in [5, 5.41) is 2.88. The zero-order chi connectivity index (χ0) is 21.8. The molecular formula is C23H23N5O3. The highest BCUT2D eigenvalue weighted by Crippen LogP contribution is 2.25. The van der Waals surface area contributed by atoms with Crippen molar-refractivity contribution in [1.29, 1.82) is 0 Å². The molecule has 0 unspecified atom stereocenters. The van der Waals surface area contributed by atoms with E-state index in [1.54, 1.807) is 35.3 Å². The summed E-state index contributed by atoms with van der Waals surface area (Å²) < 4.78 is 9.07. The third-order valence-electron chi connectivity index (χ3n) is 4.77. The van der Waals surface area contributed by atoms with Crippen molar-refractivity contribution in [3.8, 4) is 5.75 Å². The lowest BCUT2D eigenvalue weighted by molar-refractivity contribution is 0.102. The minimum atomic E-state index is -0.227. The first-order valence-electron chi connectivity index (χ1n) is 10.1. The summed E-state index contributed by atoms with van der Waals surface area (Å²) in [5.41, 5.74) is 2.43. The number of para-hydroxylation sites is 2. The van der Waals surface area contributed by atoms with Crippen LogP contribution in [0.4, 0.5) is 5.69 Å². The van der Waals surface area contributed by atoms with Crippen molar-refractivity contribution < 1.29 is 9.53 Å². The van der Waals surface area contributed by atoms with Crippen LogP contribution in [0.3, 0.4) is 0 Å². The van der Waals surface area contributed by atoms with Gasteiger partial charge in [0.15, 0.2) is 0 Å². The maximum absolute atomic E-state index is 12.6. The molecule has 4 aromatic rings. The van der Waals surface area contributed by atoms with E-state index >= 15 is 0 Å². The average molecular weight is 417 g/mol. The lowest BCUT2D eigenvalue weighted by Crippen LogP contribution is -2.22. The van der Waals surface area contributed by atoms with Gasteiger partial charge < -0.3 is 10.1 Å². The number of fused-ring (bicyclic) bond motifs is 1. The fraction of sp³-hybridized carbons (Fsp3) is 0.217. The number of amides is 1. The molecule has 0 radical (unpaired) electrons. The molecule has 0 atom stereocenters. The fourth-order valence-electron chi connectivity index (χ4n) is 3.21. The standard InChI is InChI=1S/C23H23N5O3/c1-3-12-27-15-24-23-25-18(13-21(29)28(23)27)14-31-20-7-5-4-6-19(20)26-22(30)17-10-8-16(2)9-11-17/h4-11,13,15H,3,12,14H2,1-2H3,(H,26,30). The predicted octanol–water partition coefficient (Wildman–Crippen LogP) is 3.44. The lowest BCUT2D eigenvalue weighted by atomic mass is 10.1. The Morgan fingerprint density at radius 3 is 2.68 bits per heavy atom. The Morgan fingerprint density at radius 2 is 1.90 bits per heavy atom. The van der Waals surface area contributed by atoms with Crippen LogP contribution in [0.2, 0.25) is 0 Å². The number of nitrogens with one attached hydrogen (secondary N) is 1. The van der Waals surface area contributed by atoms with E-state index in [-0.39, 0.29) is 18.1 Å². The van der Waals surface area contributed by atoms with Gasteiger partial charge in [0.1, 0.15) is 18.7 Å². The highest BCUT2D eigenvalue weighted by atomic mass is 16.5. The minimum absolute atomic E-state index is 0.0732. The maximum Gasteiger partial charge on any atom is 0.274 e. The Hall–Kier alpha value is -3.94. The van der Waals surface area contributed by atoms with Crippen molar-refractivity contribution in [2.45, 2.75) is 33.4 Å². The van der Waals surface area contributed by atoms with Gasteiger partial charge in [-0.3, -0.25) is 14.3 Å². The van der Waals surface area contributed by atoms with Crippen molar-refractivity contribution in [2.75, 3.05) is 5.32 Å². The van der Waals surface area contributed by atoms with Crippen LogP contribution in [0.25, 0.3) is 5.78 Å². The number of anilines is 1. The van der Waals surface area contributed by atoms with E-state index in [0.29, 0.717) is 35.0 Å². The second kappa shape index (κ2) is 8.83. The molecule has 1 N–H and O–H groups in total. The van der Waals surface area contributed by atoms with Crippen molar-refractivity contribution in [2.24, 2.45) is 0 Å². The van der Waals surface area contributed by atoms with Crippen LogP contribution in [0.5, 0.6) is 5.75 Å². The number of aromatic nitrogens is 4. The number of aryl methyl sites for hydroxylation is 2. The van der Waals surface area contributed by atoms with E-state index in [2.05, 4.69) is 15.3 Å². The molecule has 0 saturated carbocycles. The van der Waals surface area contributed by atoms with E-state index in [9.17, 15) is 9.59 Å². The number of nitrogens with zero attached hydrogens (tertiary/aromatic N) is 4. The molecule has 8 nitrogen and oxygen atoms in total. The average Bonchev–Trinajstić information content (AvgIpc) is 3.17. The van der Waals surface area contributed by atoms with E-state index in [4.69, 9.17) is 4.74 Å². The molecule has 1 amide bonds. The van der Waals surface area contributed by atoms with Crippen molar-refractivity contribution in [3.05, 3.63) is 88.1 Å². The summed E-state index contributed by atoms with van der Waals surface area (Å²) >= 11 is 0. The van der Waals surface area contributed by atoms with Gasteiger partial charge in [0.2, 0.25) is 0 Å². The van der Waals surface area contributed by atoms with Gasteiger partial charge in [-0.2, -0.15) is 9.50 Å². The normalized spacial score (nSPS) is 10.9. The van der Waals surface area contributed by atoms with Crippen LogP contribution in [-0.2, 0) is 13.2 Å². The van der Waals surface area contributed by atoms with Crippen LogP contribution < -0.4 is 15.6 Å². The monoisotopic (exact) mass is 417 g/mol. The van der Waals surface area contributed by atoms with Crippen molar-refractivity contribution >= 4 is 17.4 Å². The van der Waals surface area contributed by atoms with Gasteiger partial charge in [-0.25, -0.2) is 4.98 Å².